The lowest BCUT2D eigenvalue weighted by Crippen LogP contribution is -2.37. The van der Waals surface area contributed by atoms with Gasteiger partial charge >= 0.3 is 0 Å². The van der Waals surface area contributed by atoms with Gasteiger partial charge in [-0.2, -0.15) is 0 Å². The Morgan fingerprint density at radius 1 is 1.13 bits per heavy atom. The van der Waals surface area contributed by atoms with Crippen LogP contribution in [0.15, 0.2) is 0 Å². The van der Waals surface area contributed by atoms with E-state index in [0.717, 1.165) is 45.6 Å². The molecule has 0 radical (unpaired) electrons. The van der Waals surface area contributed by atoms with Crippen molar-refractivity contribution in [2.24, 2.45) is 5.73 Å². The van der Waals surface area contributed by atoms with Gasteiger partial charge in [-0.25, -0.2) is 0 Å². The van der Waals surface area contributed by atoms with Crippen molar-refractivity contribution >= 4 is 17.3 Å². The first-order valence-electron chi connectivity index (χ1n) is 5.84. The van der Waals surface area contributed by atoms with Crippen molar-refractivity contribution in [2.45, 2.75) is 39.5 Å². The Morgan fingerprint density at radius 3 is 2.33 bits per heavy atom. The topological polar surface area (TPSA) is 38.5 Å². The molecule has 0 atom stereocenters. The lowest BCUT2D eigenvalue weighted by molar-refractivity contribution is 0.124. The second kappa shape index (κ2) is 10.2. The minimum absolute atomic E-state index is 0.505. The van der Waals surface area contributed by atoms with E-state index in [9.17, 15) is 0 Å². The number of nitrogens with two attached hydrogens (primary N) is 1. The van der Waals surface area contributed by atoms with Crippen molar-refractivity contribution in [1.29, 1.82) is 0 Å². The summed E-state index contributed by atoms with van der Waals surface area (Å²) in [6.07, 6.45) is 4.41. The molecule has 0 rings (SSSR count). The molecule has 0 aromatic carbocycles. The molecule has 0 aromatic heterocycles. The highest BCUT2D eigenvalue weighted by Crippen LogP contribution is 1.96. The number of hydrogen-bond acceptors (Lipinski definition) is 2. The summed E-state index contributed by atoms with van der Waals surface area (Å²) in [6, 6.07) is 0. The maximum Gasteiger partial charge on any atom is 0.166 e. The minimum atomic E-state index is 0.505. The molecule has 0 unspecified atom stereocenters. The summed E-state index contributed by atoms with van der Waals surface area (Å²) in [7, 11) is 0. The van der Waals surface area contributed by atoms with Gasteiger partial charge in [-0.15, -0.1) is 0 Å². The molecule has 0 aromatic rings. The molecule has 0 aliphatic rings. The van der Waals surface area contributed by atoms with Gasteiger partial charge in [0, 0.05) is 26.3 Å². The van der Waals surface area contributed by atoms with Crippen LogP contribution in [0.25, 0.3) is 0 Å². The van der Waals surface area contributed by atoms with Crippen LogP contribution in [-0.4, -0.2) is 36.3 Å². The molecular formula is C11H24N2OS. The van der Waals surface area contributed by atoms with Crippen LogP contribution < -0.4 is 5.73 Å². The first kappa shape index (κ1) is 14.6. The van der Waals surface area contributed by atoms with Crippen LogP contribution in [0, 0.1) is 0 Å². The molecule has 0 spiro atoms. The zero-order valence-electron chi connectivity index (χ0n) is 10.00. The zero-order valence-corrected chi connectivity index (χ0v) is 10.8. The number of ether oxygens (including phenoxy) is 1. The third kappa shape index (κ3) is 8.63. The van der Waals surface area contributed by atoms with Gasteiger partial charge in [0.1, 0.15) is 0 Å². The second-order valence-corrected chi connectivity index (χ2v) is 4.06. The number of unbranched alkanes of at least 4 members (excludes halogenated alkanes) is 1. The molecule has 2 N–H and O–H groups in total. The van der Waals surface area contributed by atoms with E-state index in [0.29, 0.717) is 5.11 Å². The van der Waals surface area contributed by atoms with Crippen molar-refractivity contribution < 1.29 is 4.74 Å². The number of nitrogens with zero attached hydrogens (tertiary/aromatic N) is 1. The molecular weight excluding hydrogens is 208 g/mol. The van der Waals surface area contributed by atoms with Gasteiger partial charge in [0.05, 0.1) is 0 Å². The van der Waals surface area contributed by atoms with E-state index < -0.39 is 0 Å². The van der Waals surface area contributed by atoms with Crippen molar-refractivity contribution in [2.75, 3.05) is 26.3 Å². The summed E-state index contributed by atoms with van der Waals surface area (Å²) in [5.74, 6) is 0. The highest BCUT2D eigenvalue weighted by atomic mass is 32.1. The maximum atomic E-state index is 5.60. The molecule has 3 nitrogen and oxygen atoms in total. The quantitative estimate of drug-likeness (QED) is 0.488. The summed E-state index contributed by atoms with van der Waals surface area (Å²) in [5, 5.41) is 0.505. The van der Waals surface area contributed by atoms with Gasteiger partial charge in [0.15, 0.2) is 5.11 Å². The SMILES string of the molecule is CCCCOCCCN(CCC)C(N)=S. The molecule has 0 fully saturated rings. The van der Waals surface area contributed by atoms with Crippen molar-refractivity contribution in [3.63, 3.8) is 0 Å². The molecule has 0 bridgehead atoms. The average molecular weight is 232 g/mol. The molecule has 0 heterocycles. The highest BCUT2D eigenvalue weighted by Gasteiger charge is 2.03. The van der Waals surface area contributed by atoms with E-state index >= 15 is 0 Å². The summed E-state index contributed by atoms with van der Waals surface area (Å²) in [6.45, 7) is 7.84. The second-order valence-electron chi connectivity index (χ2n) is 3.64. The van der Waals surface area contributed by atoms with Crippen LogP contribution in [0.2, 0.25) is 0 Å². The van der Waals surface area contributed by atoms with E-state index in [4.69, 9.17) is 22.7 Å². The van der Waals surface area contributed by atoms with E-state index in [1.54, 1.807) is 0 Å². The lowest BCUT2D eigenvalue weighted by Gasteiger charge is -2.21. The highest BCUT2D eigenvalue weighted by molar-refractivity contribution is 7.80. The maximum absolute atomic E-state index is 5.60. The van der Waals surface area contributed by atoms with Gasteiger partial charge in [0.25, 0.3) is 0 Å². The van der Waals surface area contributed by atoms with Gasteiger partial charge in [-0.05, 0) is 31.5 Å². The predicted molar refractivity (Wildman–Crippen MR) is 69.0 cm³/mol. The van der Waals surface area contributed by atoms with Gasteiger partial charge in [-0.3, -0.25) is 0 Å². The van der Waals surface area contributed by atoms with Crippen molar-refractivity contribution in [3.05, 3.63) is 0 Å². The Morgan fingerprint density at radius 2 is 1.80 bits per heavy atom. The molecule has 0 saturated heterocycles. The van der Waals surface area contributed by atoms with E-state index in [1.165, 1.54) is 6.42 Å². The summed E-state index contributed by atoms with van der Waals surface area (Å²) in [4.78, 5) is 2.04. The van der Waals surface area contributed by atoms with Crippen LogP contribution in [0.4, 0.5) is 0 Å². The summed E-state index contributed by atoms with van der Waals surface area (Å²) in [5.41, 5.74) is 5.60. The van der Waals surface area contributed by atoms with Gasteiger partial charge < -0.3 is 15.4 Å². The fraction of sp³-hybridized carbons (Fsp3) is 0.909. The minimum Gasteiger partial charge on any atom is -0.381 e. The Labute approximate surface area is 99.0 Å². The molecule has 0 aliphatic heterocycles. The third-order valence-electron chi connectivity index (χ3n) is 2.16. The Kier molecular flexibility index (Phi) is 9.94. The van der Waals surface area contributed by atoms with E-state index in [-0.39, 0.29) is 0 Å². The van der Waals surface area contributed by atoms with Gasteiger partial charge in [0.2, 0.25) is 0 Å². The predicted octanol–water partition coefficient (Wildman–Crippen LogP) is 2.15. The third-order valence-corrected chi connectivity index (χ3v) is 2.42. The smallest absolute Gasteiger partial charge is 0.166 e. The van der Waals surface area contributed by atoms with Crippen molar-refractivity contribution in [1.82, 2.24) is 4.90 Å². The normalized spacial score (nSPS) is 10.3. The number of thiocarbonyl (C=S) groups is 1. The fourth-order valence-corrected chi connectivity index (χ4v) is 1.49. The van der Waals surface area contributed by atoms with Crippen LogP contribution in [0.5, 0.6) is 0 Å². The van der Waals surface area contributed by atoms with Crippen LogP contribution in [0.1, 0.15) is 39.5 Å². The molecule has 0 aliphatic carbocycles. The van der Waals surface area contributed by atoms with Crippen LogP contribution in [0.3, 0.4) is 0 Å². The molecule has 0 saturated carbocycles. The van der Waals surface area contributed by atoms with E-state index in [1.807, 2.05) is 4.90 Å². The molecule has 0 amide bonds. The summed E-state index contributed by atoms with van der Waals surface area (Å²) < 4.78 is 5.47. The standard InChI is InChI=1S/C11H24N2OS/c1-3-5-9-14-10-6-8-13(7-4-2)11(12)15/h3-10H2,1-2H3,(H2,12,15). The molecule has 90 valence electrons. The Bertz CT molecular complexity index is 165. The number of hydrogen-bond donors (Lipinski definition) is 1. The first-order valence-corrected chi connectivity index (χ1v) is 6.25. The molecule has 4 heteroatoms. The van der Waals surface area contributed by atoms with Crippen molar-refractivity contribution in [3.8, 4) is 0 Å². The van der Waals surface area contributed by atoms with Gasteiger partial charge in [-0.1, -0.05) is 20.3 Å². The monoisotopic (exact) mass is 232 g/mol. The number of rotatable bonds is 9. The van der Waals surface area contributed by atoms with Crippen LogP contribution >= 0.6 is 12.2 Å². The Hall–Kier alpha value is -0.350. The fourth-order valence-electron chi connectivity index (χ4n) is 1.31. The molecule has 15 heavy (non-hydrogen) atoms. The first-order chi connectivity index (χ1) is 7.22. The largest absolute Gasteiger partial charge is 0.381 e. The average Bonchev–Trinajstić information content (AvgIpc) is 2.21. The zero-order chi connectivity index (χ0) is 11.5. The Balaban J connectivity index is 3.41. The lowest BCUT2D eigenvalue weighted by atomic mass is 10.3. The van der Waals surface area contributed by atoms with E-state index in [2.05, 4.69) is 13.8 Å². The summed E-state index contributed by atoms with van der Waals surface area (Å²) >= 11 is 4.96. The van der Waals surface area contributed by atoms with Crippen LogP contribution in [-0.2, 0) is 4.74 Å².